The maximum atomic E-state index is 10.9. The third-order valence-corrected chi connectivity index (χ3v) is 4.00. The summed E-state index contributed by atoms with van der Waals surface area (Å²) in [7, 11) is 0. The molecule has 0 unspecified atom stereocenters. The van der Waals surface area contributed by atoms with E-state index in [1.54, 1.807) is 12.4 Å². The van der Waals surface area contributed by atoms with Gasteiger partial charge in [0.2, 0.25) is 0 Å². The van der Waals surface area contributed by atoms with Crippen molar-refractivity contribution in [2.45, 2.75) is 6.61 Å². The van der Waals surface area contributed by atoms with Crippen molar-refractivity contribution in [3.8, 4) is 5.75 Å². The summed E-state index contributed by atoms with van der Waals surface area (Å²) in [6.45, 7) is 0.329. The van der Waals surface area contributed by atoms with E-state index in [2.05, 4.69) is 52.8 Å². The number of benzene rings is 1. The van der Waals surface area contributed by atoms with Gasteiger partial charge in [-0.1, -0.05) is 0 Å². The van der Waals surface area contributed by atoms with Crippen molar-refractivity contribution in [1.82, 2.24) is 4.98 Å². The first-order chi connectivity index (χ1) is 9.47. The molecule has 0 spiro atoms. The Morgan fingerprint density at radius 2 is 1.80 bits per heavy atom. The first-order valence-corrected chi connectivity index (χ1v) is 7.80. The van der Waals surface area contributed by atoms with Crippen LogP contribution in [0.15, 0.2) is 44.0 Å². The van der Waals surface area contributed by atoms with Crippen LogP contribution in [-0.2, 0) is 6.61 Å². The molecule has 0 amide bonds. The summed E-state index contributed by atoms with van der Waals surface area (Å²) in [6.07, 6.45) is 3.40. The van der Waals surface area contributed by atoms with E-state index in [0.717, 1.165) is 10.0 Å². The van der Waals surface area contributed by atoms with E-state index in [-0.39, 0.29) is 5.56 Å². The van der Waals surface area contributed by atoms with Crippen LogP contribution in [-0.4, -0.2) is 16.1 Å². The van der Waals surface area contributed by atoms with Crippen LogP contribution in [0.4, 0.5) is 0 Å². The lowest BCUT2D eigenvalue weighted by atomic mass is 10.2. The Labute approximate surface area is 140 Å². The molecule has 0 fully saturated rings. The smallest absolute Gasteiger partial charge is 0.335 e. The van der Waals surface area contributed by atoms with E-state index >= 15 is 0 Å². The molecule has 1 N–H and O–H groups in total. The van der Waals surface area contributed by atoms with Crippen molar-refractivity contribution in [3.63, 3.8) is 0 Å². The number of hydrogen-bond acceptors (Lipinski definition) is 3. The molecule has 0 radical (unpaired) electrons. The molecule has 0 saturated heterocycles. The quantitative estimate of drug-likeness (QED) is 0.714. The Morgan fingerprint density at radius 3 is 2.35 bits per heavy atom. The molecule has 0 atom stereocenters. The number of aromatic nitrogens is 1. The minimum atomic E-state index is -0.992. The Morgan fingerprint density at radius 1 is 1.15 bits per heavy atom. The fourth-order valence-corrected chi connectivity index (χ4v) is 3.34. The highest BCUT2D eigenvalue weighted by atomic mass is 79.9. The molecule has 0 aliphatic rings. The second-order valence-corrected chi connectivity index (χ2v) is 6.50. The van der Waals surface area contributed by atoms with Gasteiger partial charge in [0.15, 0.2) is 0 Å². The van der Waals surface area contributed by atoms with Gasteiger partial charge in [0, 0.05) is 22.4 Å². The van der Waals surface area contributed by atoms with Crippen LogP contribution in [0.1, 0.15) is 15.9 Å². The molecule has 1 heterocycles. The zero-order valence-electron chi connectivity index (χ0n) is 9.94. The molecule has 4 nitrogen and oxygen atoms in total. The Balaban J connectivity index is 2.20. The van der Waals surface area contributed by atoms with Crippen LogP contribution in [0.2, 0.25) is 0 Å². The number of aromatic carboxylic acids is 1. The predicted molar refractivity (Wildman–Crippen MR) is 85.1 cm³/mol. The highest BCUT2D eigenvalue weighted by molar-refractivity contribution is 9.11. The summed E-state index contributed by atoms with van der Waals surface area (Å²) in [5.74, 6) is -0.441. The Kier molecular flexibility index (Phi) is 5.17. The number of halogens is 3. The van der Waals surface area contributed by atoms with Gasteiger partial charge >= 0.3 is 5.97 Å². The summed E-state index contributed by atoms with van der Waals surface area (Å²) in [6, 6.07) is 4.91. The van der Waals surface area contributed by atoms with E-state index in [1.165, 1.54) is 12.1 Å². The summed E-state index contributed by atoms with van der Waals surface area (Å²) < 4.78 is 7.72. The number of ether oxygens (including phenoxy) is 1. The zero-order valence-corrected chi connectivity index (χ0v) is 14.7. The van der Waals surface area contributed by atoms with E-state index in [1.807, 2.05) is 6.07 Å². The van der Waals surface area contributed by atoms with Gasteiger partial charge in [-0.25, -0.2) is 4.79 Å². The first-order valence-electron chi connectivity index (χ1n) is 5.42. The molecule has 20 heavy (non-hydrogen) atoms. The second kappa shape index (κ2) is 6.69. The van der Waals surface area contributed by atoms with Crippen molar-refractivity contribution in [3.05, 3.63) is 55.1 Å². The van der Waals surface area contributed by atoms with E-state index in [4.69, 9.17) is 9.84 Å². The van der Waals surface area contributed by atoms with Crippen LogP contribution >= 0.6 is 47.8 Å². The number of hydrogen-bond donors (Lipinski definition) is 1. The molecule has 0 saturated carbocycles. The molecular weight excluding hydrogens is 458 g/mol. The monoisotopic (exact) mass is 463 g/mol. The van der Waals surface area contributed by atoms with Crippen LogP contribution in [0.5, 0.6) is 5.75 Å². The molecule has 1 aromatic carbocycles. The van der Waals surface area contributed by atoms with Crippen molar-refractivity contribution < 1.29 is 14.6 Å². The minimum Gasteiger partial charge on any atom is -0.486 e. The van der Waals surface area contributed by atoms with Crippen molar-refractivity contribution in [2.24, 2.45) is 0 Å². The maximum Gasteiger partial charge on any atom is 0.335 e. The predicted octanol–water partition coefficient (Wildman–Crippen LogP) is 4.65. The van der Waals surface area contributed by atoms with Crippen molar-refractivity contribution >= 4 is 53.8 Å². The summed E-state index contributed by atoms with van der Waals surface area (Å²) in [5.41, 5.74) is 1.08. The van der Waals surface area contributed by atoms with Crippen LogP contribution < -0.4 is 4.74 Å². The fourth-order valence-electron chi connectivity index (χ4n) is 1.51. The zero-order chi connectivity index (χ0) is 14.7. The van der Waals surface area contributed by atoms with Gasteiger partial charge < -0.3 is 9.84 Å². The van der Waals surface area contributed by atoms with Gasteiger partial charge in [-0.2, -0.15) is 0 Å². The lowest BCUT2D eigenvalue weighted by molar-refractivity contribution is 0.0696. The van der Waals surface area contributed by atoms with Gasteiger partial charge in [-0.15, -0.1) is 0 Å². The first kappa shape index (κ1) is 15.5. The average molecular weight is 466 g/mol. The van der Waals surface area contributed by atoms with Gasteiger partial charge in [-0.3, -0.25) is 4.98 Å². The van der Waals surface area contributed by atoms with Crippen molar-refractivity contribution in [1.29, 1.82) is 0 Å². The molecule has 2 rings (SSSR count). The minimum absolute atomic E-state index is 0.181. The molecular formula is C13H8Br3NO3. The molecule has 0 bridgehead atoms. The Bertz CT molecular complexity index is 638. The number of carboxylic acid groups (broad SMARTS) is 1. The number of rotatable bonds is 4. The Hall–Kier alpha value is -0.920. The molecule has 0 aliphatic carbocycles. The highest BCUT2D eigenvalue weighted by Gasteiger charge is 2.13. The summed E-state index contributed by atoms with van der Waals surface area (Å²) in [4.78, 5) is 15.0. The van der Waals surface area contributed by atoms with Gasteiger partial charge in [0.1, 0.15) is 12.4 Å². The van der Waals surface area contributed by atoms with Crippen LogP contribution in [0.3, 0.4) is 0 Å². The third kappa shape index (κ3) is 3.80. The average Bonchev–Trinajstić information content (AvgIpc) is 2.37. The topological polar surface area (TPSA) is 59.4 Å². The molecule has 0 aliphatic heterocycles. The van der Waals surface area contributed by atoms with Gasteiger partial charge in [-0.05, 0) is 66.0 Å². The fraction of sp³-hybridized carbons (Fsp3) is 0.0769. The number of nitrogens with zero attached hydrogens (tertiary/aromatic N) is 1. The second-order valence-electron chi connectivity index (χ2n) is 3.87. The van der Waals surface area contributed by atoms with E-state index in [9.17, 15) is 4.79 Å². The van der Waals surface area contributed by atoms with Gasteiger partial charge in [0.25, 0.3) is 0 Å². The third-order valence-electron chi connectivity index (χ3n) is 2.39. The molecule has 104 valence electrons. The number of carboxylic acids is 1. The maximum absolute atomic E-state index is 10.9. The highest BCUT2D eigenvalue weighted by Crippen LogP contribution is 2.35. The van der Waals surface area contributed by atoms with E-state index in [0.29, 0.717) is 21.3 Å². The summed E-state index contributed by atoms with van der Waals surface area (Å²) in [5, 5.41) is 8.97. The number of pyridine rings is 1. The largest absolute Gasteiger partial charge is 0.486 e. The molecule has 1 aromatic heterocycles. The lowest BCUT2D eigenvalue weighted by Crippen LogP contribution is -2.01. The standard InChI is InChI=1S/C13H8Br3NO3/c14-9-1-7(4-17-5-9)6-20-12-10(15)2-8(13(18)19)3-11(12)16/h1-5H,6H2,(H,18,19). The SMILES string of the molecule is O=C(O)c1cc(Br)c(OCc2cncc(Br)c2)c(Br)c1. The van der Waals surface area contributed by atoms with Crippen molar-refractivity contribution in [2.75, 3.05) is 0 Å². The number of carbonyl (C=O) groups is 1. The van der Waals surface area contributed by atoms with E-state index < -0.39 is 5.97 Å². The summed E-state index contributed by atoms with van der Waals surface area (Å²) >= 11 is 9.96. The lowest BCUT2D eigenvalue weighted by Gasteiger charge is -2.11. The van der Waals surface area contributed by atoms with Gasteiger partial charge in [0.05, 0.1) is 14.5 Å². The van der Waals surface area contributed by atoms with Crippen LogP contribution in [0.25, 0.3) is 0 Å². The molecule has 2 aromatic rings. The normalized spacial score (nSPS) is 10.3. The molecule has 7 heteroatoms. The van der Waals surface area contributed by atoms with Crippen LogP contribution in [0, 0.1) is 0 Å².